The third kappa shape index (κ3) is 4.52. The molecule has 3 heterocycles. The number of rotatable bonds is 2. The molecular weight excluding hydrogens is 394 g/mol. The van der Waals surface area contributed by atoms with Crippen molar-refractivity contribution in [2.24, 2.45) is 0 Å². The van der Waals surface area contributed by atoms with E-state index in [0.29, 0.717) is 43.2 Å². The number of nitrogens with one attached hydrogen (secondary N) is 1. The van der Waals surface area contributed by atoms with E-state index in [4.69, 9.17) is 4.74 Å². The molecule has 0 bridgehead atoms. The summed E-state index contributed by atoms with van der Waals surface area (Å²) in [7, 11) is 0. The minimum absolute atomic E-state index is 0.126. The van der Waals surface area contributed by atoms with E-state index in [0.717, 1.165) is 16.5 Å². The summed E-state index contributed by atoms with van der Waals surface area (Å²) in [4.78, 5) is 40.4. The van der Waals surface area contributed by atoms with Crippen molar-refractivity contribution in [2.75, 3.05) is 31.1 Å². The average Bonchev–Trinajstić information content (AvgIpc) is 2.73. The first-order valence-corrected chi connectivity index (χ1v) is 10.4. The summed E-state index contributed by atoms with van der Waals surface area (Å²) in [6, 6.07) is 7.65. The second-order valence-electron chi connectivity index (χ2n) is 8.77. The van der Waals surface area contributed by atoms with Crippen LogP contribution >= 0.6 is 0 Å². The lowest BCUT2D eigenvalue weighted by molar-refractivity contribution is 0.0240. The topological polar surface area (TPSA) is 91.4 Å². The van der Waals surface area contributed by atoms with Gasteiger partial charge < -0.3 is 19.5 Å². The Morgan fingerprint density at radius 2 is 1.74 bits per heavy atom. The lowest BCUT2D eigenvalue weighted by Crippen LogP contribution is -2.50. The Morgan fingerprint density at radius 3 is 2.39 bits per heavy atom. The minimum Gasteiger partial charge on any atom is -0.444 e. The zero-order chi connectivity index (χ0) is 22.2. The Labute approximate surface area is 180 Å². The van der Waals surface area contributed by atoms with Crippen molar-refractivity contribution in [3.05, 3.63) is 52.6 Å². The number of pyridine rings is 1. The van der Waals surface area contributed by atoms with Crippen molar-refractivity contribution in [3.8, 4) is 11.3 Å². The predicted molar refractivity (Wildman–Crippen MR) is 120 cm³/mol. The van der Waals surface area contributed by atoms with Gasteiger partial charge in [0.2, 0.25) is 5.95 Å². The Bertz CT molecular complexity index is 1160. The number of ether oxygens (including phenoxy) is 1. The second kappa shape index (κ2) is 8.02. The number of nitrogens with zero attached hydrogens (tertiary/aromatic N) is 4. The first-order valence-electron chi connectivity index (χ1n) is 10.4. The van der Waals surface area contributed by atoms with Crippen molar-refractivity contribution < 1.29 is 9.53 Å². The largest absolute Gasteiger partial charge is 0.444 e. The average molecular weight is 422 g/mol. The number of carbonyl (C=O) groups excluding carboxylic acids is 1. The van der Waals surface area contributed by atoms with Gasteiger partial charge in [0.05, 0.1) is 5.69 Å². The smallest absolute Gasteiger partial charge is 0.410 e. The number of fused-ring (bicyclic) bond motifs is 1. The van der Waals surface area contributed by atoms with Crippen LogP contribution in [0.25, 0.3) is 22.0 Å². The maximum atomic E-state index is 12.5. The van der Waals surface area contributed by atoms with Crippen LogP contribution in [-0.2, 0) is 4.74 Å². The van der Waals surface area contributed by atoms with Gasteiger partial charge in [-0.3, -0.25) is 4.79 Å². The number of piperazine rings is 1. The molecule has 1 aliphatic rings. The van der Waals surface area contributed by atoms with Gasteiger partial charge in [0.1, 0.15) is 5.60 Å². The molecule has 0 unspecified atom stereocenters. The molecule has 0 atom stereocenters. The Kier molecular flexibility index (Phi) is 5.39. The van der Waals surface area contributed by atoms with Gasteiger partial charge >= 0.3 is 6.09 Å². The van der Waals surface area contributed by atoms with Gasteiger partial charge in [-0.2, -0.15) is 0 Å². The van der Waals surface area contributed by atoms with Crippen molar-refractivity contribution in [1.29, 1.82) is 0 Å². The van der Waals surface area contributed by atoms with Crippen LogP contribution in [0.2, 0.25) is 0 Å². The highest BCUT2D eigenvalue weighted by atomic mass is 16.6. The molecule has 1 saturated heterocycles. The highest BCUT2D eigenvalue weighted by Crippen LogP contribution is 2.22. The zero-order valence-electron chi connectivity index (χ0n) is 18.3. The number of hydrogen-bond donors (Lipinski definition) is 1. The Morgan fingerprint density at radius 1 is 1.06 bits per heavy atom. The molecule has 2 aromatic heterocycles. The van der Waals surface area contributed by atoms with Gasteiger partial charge in [-0.25, -0.2) is 14.8 Å². The van der Waals surface area contributed by atoms with Gasteiger partial charge in [-0.15, -0.1) is 0 Å². The maximum absolute atomic E-state index is 12.5. The number of amides is 1. The molecule has 3 aromatic rings. The predicted octanol–water partition coefficient (Wildman–Crippen LogP) is 3.35. The van der Waals surface area contributed by atoms with Crippen LogP contribution in [0.1, 0.15) is 26.3 Å². The van der Waals surface area contributed by atoms with Crippen LogP contribution < -0.4 is 10.5 Å². The number of aromatic amines is 1. The normalized spacial score (nSPS) is 14.7. The first kappa shape index (κ1) is 20.8. The second-order valence-corrected chi connectivity index (χ2v) is 8.77. The molecule has 1 N–H and O–H groups in total. The van der Waals surface area contributed by atoms with Crippen LogP contribution in [0, 0.1) is 6.92 Å². The summed E-state index contributed by atoms with van der Waals surface area (Å²) in [6.07, 6.45) is 3.15. The molecule has 0 radical (unpaired) electrons. The van der Waals surface area contributed by atoms with Gasteiger partial charge in [-0.1, -0.05) is 12.1 Å². The van der Waals surface area contributed by atoms with Gasteiger partial charge in [0.15, 0.2) is 0 Å². The van der Waals surface area contributed by atoms with E-state index >= 15 is 0 Å². The fraction of sp³-hybridized carbons (Fsp3) is 0.391. The van der Waals surface area contributed by atoms with Crippen LogP contribution in [0.3, 0.4) is 0 Å². The SMILES string of the molecule is Cc1cccc2c(=O)[nH]c(-c3cnc(N4CCN(C(=O)OC(C)(C)C)CC4)nc3)cc12. The third-order valence-electron chi connectivity index (χ3n) is 5.27. The van der Waals surface area contributed by atoms with E-state index in [2.05, 4.69) is 15.0 Å². The van der Waals surface area contributed by atoms with Crippen LogP contribution in [0.4, 0.5) is 10.7 Å². The fourth-order valence-electron chi connectivity index (χ4n) is 3.63. The first-order chi connectivity index (χ1) is 14.7. The summed E-state index contributed by atoms with van der Waals surface area (Å²) in [6.45, 7) is 9.94. The molecule has 1 aliphatic heterocycles. The number of aryl methyl sites for hydroxylation is 1. The third-order valence-corrected chi connectivity index (χ3v) is 5.27. The van der Waals surface area contributed by atoms with Gasteiger partial charge in [0.25, 0.3) is 5.56 Å². The van der Waals surface area contributed by atoms with E-state index in [-0.39, 0.29) is 11.7 Å². The highest BCUT2D eigenvalue weighted by Gasteiger charge is 2.26. The number of H-pyrrole nitrogens is 1. The molecule has 4 rings (SSSR count). The number of anilines is 1. The van der Waals surface area contributed by atoms with E-state index < -0.39 is 5.60 Å². The number of aromatic nitrogens is 3. The molecule has 162 valence electrons. The summed E-state index contributed by atoms with van der Waals surface area (Å²) < 4.78 is 5.44. The summed E-state index contributed by atoms with van der Waals surface area (Å²) in [5.41, 5.74) is 1.85. The Balaban J connectivity index is 1.47. The van der Waals surface area contributed by atoms with Gasteiger partial charge in [0, 0.05) is 49.5 Å². The van der Waals surface area contributed by atoms with Gasteiger partial charge in [-0.05, 0) is 50.8 Å². The molecule has 0 saturated carbocycles. The molecule has 1 fully saturated rings. The zero-order valence-corrected chi connectivity index (χ0v) is 18.3. The van der Waals surface area contributed by atoms with Crippen molar-refractivity contribution in [1.82, 2.24) is 19.9 Å². The molecule has 8 heteroatoms. The molecular formula is C23H27N5O3. The van der Waals surface area contributed by atoms with E-state index in [1.807, 2.05) is 56.9 Å². The van der Waals surface area contributed by atoms with Crippen molar-refractivity contribution >= 4 is 22.8 Å². The molecule has 1 amide bonds. The summed E-state index contributed by atoms with van der Waals surface area (Å²) in [5.74, 6) is 0.604. The molecule has 31 heavy (non-hydrogen) atoms. The molecule has 0 aliphatic carbocycles. The Hall–Kier alpha value is -3.42. The molecule has 0 spiro atoms. The highest BCUT2D eigenvalue weighted by molar-refractivity contribution is 5.87. The summed E-state index contributed by atoms with van der Waals surface area (Å²) in [5, 5.41) is 1.59. The quantitative estimate of drug-likeness (QED) is 0.682. The van der Waals surface area contributed by atoms with Crippen molar-refractivity contribution in [2.45, 2.75) is 33.3 Å². The standard InChI is InChI=1S/C23H27N5O3/c1-15-6-5-7-17-18(15)12-19(26-20(17)29)16-13-24-21(25-14-16)27-8-10-28(11-9-27)22(30)31-23(2,3)4/h5-7,12-14H,8-11H2,1-4H3,(H,26,29). The fourth-order valence-corrected chi connectivity index (χ4v) is 3.63. The maximum Gasteiger partial charge on any atom is 0.410 e. The van der Waals surface area contributed by atoms with E-state index in [9.17, 15) is 9.59 Å². The van der Waals surface area contributed by atoms with Crippen molar-refractivity contribution in [3.63, 3.8) is 0 Å². The van der Waals surface area contributed by atoms with E-state index in [1.54, 1.807) is 17.3 Å². The minimum atomic E-state index is -0.505. The lowest BCUT2D eigenvalue weighted by atomic mass is 10.1. The number of benzene rings is 1. The molecule has 8 nitrogen and oxygen atoms in total. The number of hydrogen-bond acceptors (Lipinski definition) is 6. The van der Waals surface area contributed by atoms with E-state index in [1.165, 1.54) is 0 Å². The lowest BCUT2D eigenvalue weighted by Gasteiger charge is -2.35. The number of carbonyl (C=O) groups is 1. The van der Waals surface area contributed by atoms with Crippen LogP contribution in [0.5, 0.6) is 0 Å². The molecule has 1 aromatic carbocycles. The summed E-state index contributed by atoms with van der Waals surface area (Å²) >= 11 is 0. The van der Waals surface area contributed by atoms with Crippen LogP contribution in [-0.4, -0.2) is 57.7 Å². The monoisotopic (exact) mass is 421 g/mol. The van der Waals surface area contributed by atoms with Crippen LogP contribution in [0.15, 0.2) is 41.5 Å².